The third-order valence-corrected chi connectivity index (χ3v) is 3.02. The van der Waals surface area contributed by atoms with Gasteiger partial charge in [0.1, 0.15) is 0 Å². The summed E-state index contributed by atoms with van der Waals surface area (Å²) < 4.78 is 7.39. The average Bonchev–Trinajstić information content (AvgIpc) is 2.66. The van der Waals surface area contributed by atoms with Crippen molar-refractivity contribution in [2.45, 2.75) is 38.3 Å². The van der Waals surface area contributed by atoms with E-state index in [0.29, 0.717) is 6.04 Å². The monoisotopic (exact) mass is 225 g/mol. The SMILES string of the molecule is CNC(CCC(C)(C)OC)c1cn(C)cn1. The molecule has 0 aromatic carbocycles. The minimum atomic E-state index is -0.0656. The summed E-state index contributed by atoms with van der Waals surface area (Å²) in [6, 6.07) is 0.302. The molecule has 1 heterocycles. The minimum absolute atomic E-state index is 0.0656. The number of hydrogen-bond donors (Lipinski definition) is 1. The Morgan fingerprint density at radius 1 is 1.56 bits per heavy atom. The highest BCUT2D eigenvalue weighted by Gasteiger charge is 2.20. The largest absolute Gasteiger partial charge is 0.379 e. The van der Waals surface area contributed by atoms with Crippen LogP contribution in [0.1, 0.15) is 38.4 Å². The predicted molar refractivity (Wildman–Crippen MR) is 65.3 cm³/mol. The first-order chi connectivity index (χ1) is 7.48. The van der Waals surface area contributed by atoms with Crippen molar-refractivity contribution in [2.75, 3.05) is 14.2 Å². The number of imidazole rings is 1. The second kappa shape index (κ2) is 5.46. The number of ether oxygens (including phenoxy) is 1. The van der Waals surface area contributed by atoms with Crippen molar-refractivity contribution in [3.05, 3.63) is 18.2 Å². The molecule has 0 amide bonds. The Labute approximate surface area is 98.0 Å². The summed E-state index contributed by atoms with van der Waals surface area (Å²) >= 11 is 0. The van der Waals surface area contributed by atoms with Gasteiger partial charge in [-0.3, -0.25) is 0 Å². The molecular formula is C12H23N3O. The summed E-state index contributed by atoms with van der Waals surface area (Å²) in [6.45, 7) is 4.22. The molecule has 0 aliphatic rings. The number of rotatable bonds is 6. The van der Waals surface area contributed by atoms with Crippen molar-refractivity contribution in [3.63, 3.8) is 0 Å². The molecule has 0 spiro atoms. The molecule has 1 aromatic rings. The molecule has 4 heteroatoms. The first-order valence-corrected chi connectivity index (χ1v) is 5.69. The van der Waals surface area contributed by atoms with Crippen LogP contribution in [-0.2, 0) is 11.8 Å². The fraction of sp³-hybridized carbons (Fsp3) is 0.750. The van der Waals surface area contributed by atoms with Gasteiger partial charge < -0.3 is 14.6 Å². The summed E-state index contributed by atoms with van der Waals surface area (Å²) in [4.78, 5) is 4.37. The molecule has 1 N–H and O–H groups in total. The highest BCUT2D eigenvalue weighted by Crippen LogP contribution is 2.23. The van der Waals surface area contributed by atoms with Crippen LogP contribution in [0.3, 0.4) is 0 Å². The van der Waals surface area contributed by atoms with Crippen LogP contribution in [0.15, 0.2) is 12.5 Å². The molecule has 1 unspecified atom stereocenters. The Bertz CT molecular complexity index is 320. The van der Waals surface area contributed by atoms with Crippen molar-refractivity contribution < 1.29 is 4.74 Å². The first-order valence-electron chi connectivity index (χ1n) is 5.69. The Kier molecular flexibility index (Phi) is 4.50. The van der Waals surface area contributed by atoms with E-state index < -0.39 is 0 Å². The van der Waals surface area contributed by atoms with Gasteiger partial charge in [0.2, 0.25) is 0 Å². The van der Waals surface area contributed by atoms with Gasteiger partial charge in [0.15, 0.2) is 0 Å². The molecule has 0 radical (unpaired) electrons. The smallest absolute Gasteiger partial charge is 0.0947 e. The summed E-state index contributed by atoms with van der Waals surface area (Å²) in [5.41, 5.74) is 1.03. The minimum Gasteiger partial charge on any atom is -0.379 e. The van der Waals surface area contributed by atoms with Crippen molar-refractivity contribution in [3.8, 4) is 0 Å². The Balaban J connectivity index is 2.56. The molecule has 16 heavy (non-hydrogen) atoms. The second-order valence-electron chi connectivity index (χ2n) is 4.81. The summed E-state index contributed by atoms with van der Waals surface area (Å²) in [5, 5.41) is 3.30. The van der Waals surface area contributed by atoms with Crippen molar-refractivity contribution in [1.82, 2.24) is 14.9 Å². The van der Waals surface area contributed by atoms with E-state index in [-0.39, 0.29) is 5.60 Å². The quantitative estimate of drug-likeness (QED) is 0.803. The van der Waals surface area contributed by atoms with Crippen molar-refractivity contribution in [2.24, 2.45) is 7.05 Å². The van der Waals surface area contributed by atoms with E-state index in [9.17, 15) is 0 Å². The molecule has 92 valence electrons. The predicted octanol–water partition coefficient (Wildman–Crippen LogP) is 1.89. The summed E-state index contributed by atoms with van der Waals surface area (Å²) in [5.74, 6) is 0. The number of nitrogens with zero attached hydrogens (tertiary/aromatic N) is 2. The van der Waals surface area contributed by atoms with Crippen LogP contribution < -0.4 is 5.32 Å². The highest BCUT2D eigenvalue weighted by molar-refractivity contribution is 5.03. The third-order valence-electron chi connectivity index (χ3n) is 3.02. The maximum atomic E-state index is 5.42. The maximum absolute atomic E-state index is 5.42. The van der Waals surface area contributed by atoms with E-state index in [1.807, 2.05) is 25.0 Å². The van der Waals surface area contributed by atoms with E-state index in [2.05, 4.69) is 30.3 Å². The maximum Gasteiger partial charge on any atom is 0.0947 e. The Hall–Kier alpha value is -0.870. The molecule has 0 bridgehead atoms. The lowest BCUT2D eigenvalue weighted by molar-refractivity contribution is 0.0117. The zero-order valence-electron chi connectivity index (χ0n) is 10.9. The standard InChI is InChI=1S/C12H23N3O/c1-12(2,16-5)7-6-10(13-3)11-8-15(4)9-14-11/h8-10,13H,6-7H2,1-5H3. The lowest BCUT2D eigenvalue weighted by atomic mass is 9.98. The number of hydrogen-bond acceptors (Lipinski definition) is 3. The molecule has 0 aliphatic carbocycles. The lowest BCUT2D eigenvalue weighted by Crippen LogP contribution is -2.26. The van der Waals surface area contributed by atoms with Crippen LogP contribution in [0, 0.1) is 0 Å². The summed E-state index contributed by atoms with van der Waals surface area (Å²) in [6.07, 6.45) is 5.92. The number of aromatic nitrogens is 2. The van der Waals surface area contributed by atoms with Gasteiger partial charge in [-0.25, -0.2) is 4.98 Å². The van der Waals surface area contributed by atoms with E-state index in [1.54, 1.807) is 7.11 Å². The van der Waals surface area contributed by atoms with Crippen LogP contribution in [0.4, 0.5) is 0 Å². The first kappa shape index (κ1) is 13.2. The highest BCUT2D eigenvalue weighted by atomic mass is 16.5. The lowest BCUT2D eigenvalue weighted by Gasteiger charge is -2.25. The van der Waals surface area contributed by atoms with E-state index >= 15 is 0 Å². The fourth-order valence-electron chi connectivity index (χ4n) is 1.65. The van der Waals surface area contributed by atoms with E-state index in [4.69, 9.17) is 4.74 Å². The van der Waals surface area contributed by atoms with Gasteiger partial charge in [0.05, 0.1) is 23.7 Å². The van der Waals surface area contributed by atoms with Crippen LogP contribution in [0.25, 0.3) is 0 Å². The molecule has 4 nitrogen and oxygen atoms in total. The number of methoxy groups -OCH3 is 1. The number of aryl methyl sites for hydroxylation is 1. The zero-order chi connectivity index (χ0) is 12.2. The topological polar surface area (TPSA) is 39.1 Å². The van der Waals surface area contributed by atoms with Gasteiger partial charge in [-0.1, -0.05) is 0 Å². The van der Waals surface area contributed by atoms with Crippen molar-refractivity contribution in [1.29, 1.82) is 0 Å². The van der Waals surface area contributed by atoms with Gasteiger partial charge in [-0.15, -0.1) is 0 Å². The molecule has 1 aromatic heterocycles. The molecule has 1 atom stereocenters. The Morgan fingerprint density at radius 3 is 2.69 bits per heavy atom. The fourth-order valence-corrected chi connectivity index (χ4v) is 1.65. The van der Waals surface area contributed by atoms with E-state index in [1.165, 1.54) is 0 Å². The number of nitrogens with one attached hydrogen (secondary N) is 1. The normalized spacial score (nSPS) is 14.1. The molecule has 1 rings (SSSR count). The summed E-state index contributed by atoms with van der Waals surface area (Å²) in [7, 11) is 5.72. The second-order valence-corrected chi connectivity index (χ2v) is 4.81. The van der Waals surface area contributed by atoms with Crippen LogP contribution in [0.5, 0.6) is 0 Å². The third kappa shape index (κ3) is 3.61. The average molecular weight is 225 g/mol. The zero-order valence-corrected chi connectivity index (χ0v) is 10.9. The molecule has 0 aliphatic heterocycles. The Morgan fingerprint density at radius 2 is 2.25 bits per heavy atom. The molecule has 0 fully saturated rings. The van der Waals surface area contributed by atoms with Gasteiger partial charge in [0.25, 0.3) is 0 Å². The molecule has 0 saturated heterocycles. The van der Waals surface area contributed by atoms with Gasteiger partial charge >= 0.3 is 0 Å². The molecular weight excluding hydrogens is 202 g/mol. The van der Waals surface area contributed by atoms with Crippen molar-refractivity contribution >= 4 is 0 Å². The van der Waals surface area contributed by atoms with Crippen LogP contribution in [-0.4, -0.2) is 29.3 Å². The van der Waals surface area contributed by atoms with Gasteiger partial charge in [-0.05, 0) is 33.7 Å². The van der Waals surface area contributed by atoms with Gasteiger partial charge in [0, 0.05) is 20.4 Å². The van der Waals surface area contributed by atoms with Gasteiger partial charge in [-0.2, -0.15) is 0 Å². The van der Waals surface area contributed by atoms with Crippen LogP contribution in [0.2, 0.25) is 0 Å². The molecule has 0 saturated carbocycles. The van der Waals surface area contributed by atoms with E-state index in [0.717, 1.165) is 18.5 Å². The van der Waals surface area contributed by atoms with Crippen LogP contribution >= 0.6 is 0 Å².